The first-order valence-electron chi connectivity index (χ1n) is 8.26. The number of amides is 3. The van der Waals surface area contributed by atoms with Crippen molar-refractivity contribution >= 4 is 29.1 Å². The number of halogens is 2. The number of nitro benzene ring substituents is 1. The Morgan fingerprint density at radius 1 is 1.14 bits per heavy atom. The second kappa shape index (κ2) is 8.00. The lowest BCUT2D eigenvalue weighted by Gasteiger charge is -2.13. The number of hydrogen-bond donors (Lipinski definition) is 1. The van der Waals surface area contributed by atoms with Crippen LogP contribution >= 0.6 is 0 Å². The van der Waals surface area contributed by atoms with E-state index in [2.05, 4.69) is 10.1 Å². The SMILES string of the molecule is O=C(CCN1C(=O)c2cccc([N+](=O)[O-])c2C1=O)Nc1ccc(OC(F)F)cc1. The van der Waals surface area contributed by atoms with Crippen molar-refractivity contribution in [1.82, 2.24) is 4.90 Å². The number of nitrogens with zero attached hydrogens (tertiary/aromatic N) is 2. The lowest BCUT2D eigenvalue weighted by atomic mass is 10.1. The van der Waals surface area contributed by atoms with E-state index in [0.29, 0.717) is 5.69 Å². The smallest absolute Gasteiger partial charge is 0.387 e. The summed E-state index contributed by atoms with van der Waals surface area (Å²) in [6.45, 7) is -3.24. The highest BCUT2D eigenvalue weighted by atomic mass is 19.3. The molecule has 0 saturated carbocycles. The Morgan fingerprint density at radius 2 is 1.83 bits per heavy atom. The van der Waals surface area contributed by atoms with Gasteiger partial charge in [0.15, 0.2) is 0 Å². The zero-order valence-electron chi connectivity index (χ0n) is 14.6. The third-order valence-electron chi connectivity index (χ3n) is 4.10. The second-order valence-electron chi connectivity index (χ2n) is 5.92. The number of benzene rings is 2. The van der Waals surface area contributed by atoms with Crippen molar-refractivity contribution < 1.29 is 32.8 Å². The van der Waals surface area contributed by atoms with E-state index in [9.17, 15) is 33.3 Å². The van der Waals surface area contributed by atoms with E-state index in [1.54, 1.807) is 0 Å². The number of rotatable bonds is 7. The van der Waals surface area contributed by atoms with Gasteiger partial charge >= 0.3 is 6.61 Å². The molecule has 11 heteroatoms. The van der Waals surface area contributed by atoms with Crippen molar-refractivity contribution in [2.75, 3.05) is 11.9 Å². The Hall–Kier alpha value is -3.89. The fraction of sp³-hybridized carbons (Fsp3) is 0.167. The number of fused-ring (bicyclic) bond motifs is 1. The fourth-order valence-corrected chi connectivity index (χ4v) is 2.83. The molecule has 0 saturated heterocycles. The number of anilines is 1. The van der Waals surface area contributed by atoms with Gasteiger partial charge in [-0.25, -0.2) is 0 Å². The van der Waals surface area contributed by atoms with E-state index in [0.717, 1.165) is 11.0 Å². The van der Waals surface area contributed by atoms with Crippen LogP contribution in [0.15, 0.2) is 42.5 Å². The Labute approximate surface area is 162 Å². The summed E-state index contributed by atoms with van der Waals surface area (Å²) < 4.78 is 28.4. The van der Waals surface area contributed by atoms with Crippen molar-refractivity contribution in [3.8, 4) is 5.75 Å². The Bertz CT molecular complexity index is 994. The first kappa shape index (κ1) is 19.9. The molecule has 0 unspecified atom stereocenters. The normalized spacial score (nSPS) is 12.9. The molecule has 3 amide bonds. The molecular formula is C18H13F2N3O6. The molecule has 0 radical (unpaired) electrons. The predicted octanol–water partition coefficient (Wildman–Crippen LogP) is 2.82. The molecule has 9 nitrogen and oxygen atoms in total. The van der Waals surface area contributed by atoms with Crippen molar-refractivity contribution in [1.29, 1.82) is 0 Å². The Balaban J connectivity index is 1.62. The molecule has 0 fully saturated rings. The van der Waals surface area contributed by atoms with Gasteiger partial charge in [0, 0.05) is 24.7 Å². The number of ether oxygens (including phenoxy) is 1. The van der Waals surface area contributed by atoms with Crippen LogP contribution in [0.1, 0.15) is 27.1 Å². The molecular weight excluding hydrogens is 392 g/mol. The maximum Gasteiger partial charge on any atom is 0.387 e. The zero-order valence-corrected chi connectivity index (χ0v) is 14.6. The summed E-state index contributed by atoms with van der Waals surface area (Å²) in [6, 6.07) is 8.92. The van der Waals surface area contributed by atoms with Crippen LogP contribution in [0.25, 0.3) is 0 Å². The number of nitro groups is 1. The van der Waals surface area contributed by atoms with Gasteiger partial charge in [0.25, 0.3) is 17.5 Å². The summed E-state index contributed by atoms with van der Waals surface area (Å²) in [5.41, 5.74) is -0.551. The van der Waals surface area contributed by atoms with Gasteiger partial charge in [0.05, 0.1) is 10.5 Å². The van der Waals surface area contributed by atoms with E-state index < -0.39 is 34.9 Å². The van der Waals surface area contributed by atoms with Gasteiger partial charge < -0.3 is 10.1 Å². The van der Waals surface area contributed by atoms with Crippen LogP contribution in [0.3, 0.4) is 0 Å². The van der Waals surface area contributed by atoms with Crippen LogP contribution in [-0.2, 0) is 4.79 Å². The first-order chi connectivity index (χ1) is 13.8. The van der Waals surface area contributed by atoms with Crippen LogP contribution in [-0.4, -0.2) is 40.7 Å². The third-order valence-corrected chi connectivity index (χ3v) is 4.10. The molecule has 0 atom stereocenters. The molecule has 0 bridgehead atoms. The molecule has 3 rings (SSSR count). The number of imide groups is 1. The largest absolute Gasteiger partial charge is 0.435 e. The van der Waals surface area contributed by atoms with Gasteiger partial charge in [-0.3, -0.25) is 29.4 Å². The van der Waals surface area contributed by atoms with Crippen LogP contribution in [0.2, 0.25) is 0 Å². The van der Waals surface area contributed by atoms with E-state index in [-0.39, 0.29) is 29.8 Å². The number of hydrogen-bond acceptors (Lipinski definition) is 6. The van der Waals surface area contributed by atoms with Gasteiger partial charge in [0.1, 0.15) is 11.3 Å². The standard InChI is InChI=1S/C18H13F2N3O6/c19-18(20)29-11-6-4-10(5-7-11)21-14(24)8-9-22-16(25)12-2-1-3-13(23(27)28)15(12)17(22)26/h1-7,18H,8-9H2,(H,21,24). The molecule has 150 valence electrons. The Morgan fingerprint density at radius 3 is 2.45 bits per heavy atom. The van der Waals surface area contributed by atoms with Crippen LogP contribution in [0.4, 0.5) is 20.2 Å². The summed E-state index contributed by atoms with van der Waals surface area (Å²) in [5.74, 6) is -2.17. The lowest BCUT2D eigenvalue weighted by Crippen LogP contribution is -2.33. The molecule has 0 aromatic heterocycles. The molecule has 1 aliphatic heterocycles. The van der Waals surface area contributed by atoms with Gasteiger partial charge in [-0.1, -0.05) is 6.07 Å². The minimum Gasteiger partial charge on any atom is -0.435 e. The van der Waals surface area contributed by atoms with Crippen LogP contribution < -0.4 is 10.1 Å². The van der Waals surface area contributed by atoms with Crippen molar-refractivity contribution in [3.05, 3.63) is 63.7 Å². The highest BCUT2D eigenvalue weighted by molar-refractivity contribution is 6.23. The van der Waals surface area contributed by atoms with Gasteiger partial charge in [-0.2, -0.15) is 8.78 Å². The van der Waals surface area contributed by atoms with E-state index in [1.165, 1.54) is 36.4 Å². The molecule has 2 aromatic rings. The molecule has 0 aliphatic carbocycles. The number of carbonyl (C=O) groups is 3. The van der Waals surface area contributed by atoms with Crippen molar-refractivity contribution in [2.45, 2.75) is 13.0 Å². The predicted molar refractivity (Wildman–Crippen MR) is 94.8 cm³/mol. The van der Waals surface area contributed by atoms with Gasteiger partial charge in [-0.15, -0.1) is 0 Å². The van der Waals surface area contributed by atoms with Gasteiger partial charge in [-0.05, 0) is 30.3 Å². The number of alkyl halides is 2. The van der Waals surface area contributed by atoms with Crippen molar-refractivity contribution in [2.24, 2.45) is 0 Å². The maximum absolute atomic E-state index is 12.4. The van der Waals surface area contributed by atoms with E-state index in [4.69, 9.17) is 0 Å². The molecule has 1 N–H and O–H groups in total. The maximum atomic E-state index is 12.4. The Kier molecular flexibility index (Phi) is 5.48. The lowest BCUT2D eigenvalue weighted by molar-refractivity contribution is -0.385. The summed E-state index contributed by atoms with van der Waals surface area (Å²) in [5, 5.41) is 13.6. The minimum atomic E-state index is -2.97. The molecule has 0 spiro atoms. The monoisotopic (exact) mass is 405 g/mol. The second-order valence-corrected chi connectivity index (χ2v) is 5.92. The van der Waals surface area contributed by atoms with Crippen LogP contribution in [0.5, 0.6) is 5.75 Å². The minimum absolute atomic E-state index is 0.0781. The highest BCUT2D eigenvalue weighted by Crippen LogP contribution is 2.30. The summed E-state index contributed by atoms with van der Waals surface area (Å²) in [4.78, 5) is 48.0. The topological polar surface area (TPSA) is 119 Å². The van der Waals surface area contributed by atoms with Crippen molar-refractivity contribution in [3.63, 3.8) is 0 Å². The van der Waals surface area contributed by atoms with E-state index >= 15 is 0 Å². The average Bonchev–Trinajstić information content (AvgIpc) is 2.91. The molecule has 1 aliphatic rings. The quantitative estimate of drug-likeness (QED) is 0.430. The number of carbonyl (C=O) groups excluding carboxylic acids is 3. The summed E-state index contributed by atoms with van der Waals surface area (Å²) in [7, 11) is 0. The summed E-state index contributed by atoms with van der Waals surface area (Å²) in [6.07, 6.45) is -0.255. The summed E-state index contributed by atoms with van der Waals surface area (Å²) >= 11 is 0. The number of nitrogens with one attached hydrogen (secondary N) is 1. The van der Waals surface area contributed by atoms with Crippen LogP contribution in [0, 0.1) is 10.1 Å². The first-order valence-corrected chi connectivity index (χ1v) is 8.26. The molecule has 1 heterocycles. The fourth-order valence-electron chi connectivity index (χ4n) is 2.83. The zero-order chi connectivity index (χ0) is 21.1. The third kappa shape index (κ3) is 4.18. The highest BCUT2D eigenvalue weighted by Gasteiger charge is 2.40. The van der Waals surface area contributed by atoms with E-state index in [1.807, 2.05) is 0 Å². The van der Waals surface area contributed by atoms with Gasteiger partial charge in [0.2, 0.25) is 5.91 Å². The average molecular weight is 405 g/mol. The molecule has 29 heavy (non-hydrogen) atoms. The molecule has 2 aromatic carbocycles.